The minimum atomic E-state index is -0.362. The molecular weight excluding hydrogens is 242 g/mol. The van der Waals surface area contributed by atoms with Gasteiger partial charge in [0, 0.05) is 24.7 Å². The van der Waals surface area contributed by atoms with Gasteiger partial charge in [0.05, 0.1) is 11.8 Å². The van der Waals surface area contributed by atoms with Gasteiger partial charge in [-0.05, 0) is 5.56 Å². The summed E-state index contributed by atoms with van der Waals surface area (Å²) in [5, 5.41) is 20.6. The topological polar surface area (TPSA) is 99.1 Å². The molecule has 0 bridgehead atoms. The monoisotopic (exact) mass is 257 g/mol. The van der Waals surface area contributed by atoms with Crippen molar-refractivity contribution in [2.24, 2.45) is 5.73 Å². The fraction of sp³-hybridized carbons (Fsp3) is 0.143. The van der Waals surface area contributed by atoms with Crippen LogP contribution in [0.5, 0.6) is 0 Å². The van der Waals surface area contributed by atoms with E-state index in [4.69, 9.17) is 16.1 Å². The lowest BCUT2D eigenvalue weighted by atomic mass is 9.99. The predicted molar refractivity (Wildman–Crippen MR) is 72.8 cm³/mol. The fourth-order valence-corrected chi connectivity index (χ4v) is 1.47. The van der Waals surface area contributed by atoms with E-state index in [2.05, 4.69) is 5.32 Å². The molecule has 0 saturated heterocycles. The molecule has 0 aromatic heterocycles. The highest BCUT2D eigenvalue weighted by molar-refractivity contribution is 6.00. The summed E-state index contributed by atoms with van der Waals surface area (Å²) in [5.41, 5.74) is 6.35. The minimum absolute atomic E-state index is 0.0223. The number of benzene rings is 1. The van der Waals surface area contributed by atoms with Gasteiger partial charge in [-0.25, -0.2) is 0 Å². The van der Waals surface area contributed by atoms with Crippen LogP contribution in [0.2, 0.25) is 0 Å². The summed E-state index contributed by atoms with van der Waals surface area (Å²) >= 11 is 0. The smallest absolute Gasteiger partial charge is 0.244 e. The Labute approximate surface area is 111 Å². The first-order chi connectivity index (χ1) is 9.22. The van der Waals surface area contributed by atoms with E-state index < -0.39 is 0 Å². The van der Waals surface area contributed by atoms with Gasteiger partial charge in [0.1, 0.15) is 6.07 Å². The number of allylic oxidation sites excluding steroid dienone is 2. The maximum absolute atomic E-state index is 11.7. The van der Waals surface area contributed by atoms with E-state index >= 15 is 0 Å². The van der Waals surface area contributed by atoms with Crippen molar-refractivity contribution in [3.63, 3.8) is 0 Å². The number of amides is 1. The number of nitriles is 1. The zero-order chi connectivity index (χ0) is 14.1. The van der Waals surface area contributed by atoms with Crippen molar-refractivity contribution >= 4 is 11.5 Å². The SMILES string of the molecule is N#CC(=CO)C(=CC(=O)NCCN)c1ccccc1. The first-order valence-corrected chi connectivity index (χ1v) is 5.72. The lowest BCUT2D eigenvalue weighted by molar-refractivity contribution is -0.116. The molecule has 1 rings (SSSR count). The first-order valence-electron chi connectivity index (χ1n) is 5.72. The summed E-state index contributed by atoms with van der Waals surface area (Å²) in [4.78, 5) is 11.7. The van der Waals surface area contributed by atoms with Crippen LogP contribution in [-0.2, 0) is 4.79 Å². The van der Waals surface area contributed by atoms with Crippen molar-refractivity contribution in [3.8, 4) is 6.07 Å². The van der Waals surface area contributed by atoms with E-state index in [1.54, 1.807) is 24.3 Å². The van der Waals surface area contributed by atoms with Crippen LogP contribution in [0.1, 0.15) is 5.56 Å². The zero-order valence-corrected chi connectivity index (χ0v) is 10.3. The molecule has 0 heterocycles. The average Bonchev–Trinajstić information content (AvgIpc) is 2.46. The fourth-order valence-electron chi connectivity index (χ4n) is 1.47. The molecule has 0 aliphatic heterocycles. The molecule has 4 N–H and O–H groups in total. The summed E-state index contributed by atoms with van der Waals surface area (Å²) in [6.07, 6.45) is 1.96. The van der Waals surface area contributed by atoms with Crippen LogP contribution in [0.4, 0.5) is 0 Å². The number of rotatable bonds is 5. The van der Waals surface area contributed by atoms with Crippen LogP contribution in [0, 0.1) is 11.3 Å². The standard InChI is InChI=1S/C14H15N3O2/c15-6-7-17-14(19)8-13(12(9-16)10-18)11-4-2-1-3-5-11/h1-5,8,10,18H,6-7,15H2,(H,17,19). The third kappa shape index (κ3) is 4.30. The molecule has 0 saturated carbocycles. The van der Waals surface area contributed by atoms with E-state index in [9.17, 15) is 4.79 Å². The van der Waals surface area contributed by atoms with Crippen molar-refractivity contribution < 1.29 is 9.90 Å². The van der Waals surface area contributed by atoms with Crippen LogP contribution in [-0.4, -0.2) is 24.1 Å². The van der Waals surface area contributed by atoms with Crippen LogP contribution in [0.3, 0.4) is 0 Å². The summed E-state index contributed by atoms with van der Waals surface area (Å²) in [5.74, 6) is -0.362. The molecular formula is C14H15N3O2. The normalized spacial score (nSPS) is 11.8. The van der Waals surface area contributed by atoms with Crippen LogP contribution < -0.4 is 11.1 Å². The molecule has 5 nitrogen and oxygen atoms in total. The lowest BCUT2D eigenvalue weighted by Crippen LogP contribution is -2.27. The molecule has 5 heteroatoms. The van der Waals surface area contributed by atoms with Crippen LogP contribution >= 0.6 is 0 Å². The molecule has 1 aromatic carbocycles. The Morgan fingerprint density at radius 2 is 2.11 bits per heavy atom. The number of carbonyl (C=O) groups is 1. The average molecular weight is 257 g/mol. The van der Waals surface area contributed by atoms with E-state index in [1.165, 1.54) is 6.08 Å². The molecule has 0 spiro atoms. The number of nitrogens with one attached hydrogen (secondary N) is 1. The number of aliphatic hydroxyl groups is 1. The Morgan fingerprint density at radius 3 is 2.63 bits per heavy atom. The molecule has 1 amide bonds. The molecule has 0 aliphatic rings. The Balaban J connectivity index is 3.11. The zero-order valence-electron chi connectivity index (χ0n) is 10.3. The van der Waals surface area contributed by atoms with Gasteiger partial charge in [-0.1, -0.05) is 30.3 Å². The second-order valence-corrected chi connectivity index (χ2v) is 3.66. The number of aliphatic hydroxyl groups excluding tert-OH is 1. The summed E-state index contributed by atoms with van der Waals surface area (Å²) < 4.78 is 0. The summed E-state index contributed by atoms with van der Waals surface area (Å²) in [6.45, 7) is 0.684. The third-order valence-electron chi connectivity index (χ3n) is 2.34. The third-order valence-corrected chi connectivity index (χ3v) is 2.34. The van der Waals surface area contributed by atoms with E-state index in [1.807, 2.05) is 12.1 Å². The number of nitrogens with two attached hydrogens (primary N) is 1. The molecule has 98 valence electrons. The number of nitrogens with zero attached hydrogens (tertiary/aromatic N) is 1. The van der Waals surface area contributed by atoms with Crippen LogP contribution in [0.15, 0.2) is 48.2 Å². The second-order valence-electron chi connectivity index (χ2n) is 3.66. The highest BCUT2D eigenvalue weighted by Crippen LogP contribution is 2.21. The van der Waals surface area contributed by atoms with Crippen molar-refractivity contribution in [1.82, 2.24) is 5.32 Å². The van der Waals surface area contributed by atoms with Gasteiger partial charge in [-0.3, -0.25) is 4.79 Å². The molecule has 0 fully saturated rings. The maximum atomic E-state index is 11.7. The quantitative estimate of drug-likeness (QED) is 0.318. The Bertz CT molecular complexity index is 527. The van der Waals surface area contributed by atoms with Crippen LogP contribution in [0.25, 0.3) is 5.57 Å². The number of carbonyl (C=O) groups excluding carboxylic acids is 1. The van der Waals surface area contributed by atoms with Gasteiger partial charge in [-0.15, -0.1) is 0 Å². The van der Waals surface area contributed by atoms with Crippen molar-refractivity contribution in [2.75, 3.05) is 13.1 Å². The first kappa shape index (κ1) is 14.5. The maximum Gasteiger partial charge on any atom is 0.244 e. The Kier molecular flexibility index (Phi) is 5.86. The summed E-state index contributed by atoms with van der Waals surface area (Å²) in [6, 6.07) is 10.7. The number of hydrogen-bond donors (Lipinski definition) is 3. The molecule has 0 unspecified atom stereocenters. The number of hydrogen-bond acceptors (Lipinski definition) is 4. The highest BCUT2D eigenvalue weighted by atomic mass is 16.2. The molecule has 0 atom stereocenters. The largest absolute Gasteiger partial charge is 0.514 e. The van der Waals surface area contributed by atoms with Crippen molar-refractivity contribution in [1.29, 1.82) is 5.26 Å². The van der Waals surface area contributed by atoms with Crippen molar-refractivity contribution in [3.05, 3.63) is 53.8 Å². The summed E-state index contributed by atoms with van der Waals surface area (Å²) in [7, 11) is 0. The van der Waals surface area contributed by atoms with Gasteiger partial charge in [0.2, 0.25) is 5.91 Å². The molecule has 19 heavy (non-hydrogen) atoms. The van der Waals surface area contributed by atoms with Crippen molar-refractivity contribution in [2.45, 2.75) is 0 Å². The van der Waals surface area contributed by atoms with Gasteiger partial charge in [-0.2, -0.15) is 5.26 Å². The van der Waals surface area contributed by atoms with Gasteiger partial charge < -0.3 is 16.2 Å². The minimum Gasteiger partial charge on any atom is -0.514 e. The Hall–Kier alpha value is -2.58. The van der Waals surface area contributed by atoms with E-state index in [0.717, 1.165) is 0 Å². The second kappa shape index (κ2) is 7.69. The Morgan fingerprint density at radius 1 is 1.42 bits per heavy atom. The van der Waals surface area contributed by atoms with Gasteiger partial charge >= 0.3 is 0 Å². The molecule has 1 aromatic rings. The molecule has 0 aliphatic carbocycles. The molecule has 0 radical (unpaired) electrons. The van der Waals surface area contributed by atoms with E-state index in [0.29, 0.717) is 30.5 Å². The van der Waals surface area contributed by atoms with Gasteiger partial charge in [0.25, 0.3) is 0 Å². The highest BCUT2D eigenvalue weighted by Gasteiger charge is 2.10. The lowest BCUT2D eigenvalue weighted by Gasteiger charge is -2.06. The van der Waals surface area contributed by atoms with E-state index in [-0.39, 0.29) is 11.5 Å². The predicted octanol–water partition coefficient (Wildman–Crippen LogP) is 1.11. The van der Waals surface area contributed by atoms with Gasteiger partial charge in [0.15, 0.2) is 0 Å².